The van der Waals surface area contributed by atoms with E-state index in [9.17, 15) is 0 Å². The van der Waals surface area contributed by atoms with Gasteiger partial charge in [-0.25, -0.2) is 4.98 Å². The SMILES string of the molecule is CC1CCCc2c(Br)nc(C3CCNC3)n21. The largest absolute Gasteiger partial charge is 0.328 e. The number of hydrogen-bond acceptors (Lipinski definition) is 2. The van der Waals surface area contributed by atoms with E-state index in [0.29, 0.717) is 12.0 Å². The molecule has 2 atom stereocenters. The molecule has 0 saturated carbocycles. The highest BCUT2D eigenvalue weighted by Crippen LogP contribution is 2.35. The average Bonchev–Trinajstić information content (AvgIpc) is 2.87. The van der Waals surface area contributed by atoms with Gasteiger partial charge in [-0.3, -0.25) is 0 Å². The lowest BCUT2D eigenvalue weighted by atomic mass is 10.0. The molecule has 1 fully saturated rings. The van der Waals surface area contributed by atoms with Crippen LogP contribution in [0.1, 0.15) is 49.7 Å². The van der Waals surface area contributed by atoms with Gasteiger partial charge >= 0.3 is 0 Å². The molecule has 4 heteroatoms. The van der Waals surface area contributed by atoms with Crippen LogP contribution in [0.4, 0.5) is 0 Å². The fourth-order valence-corrected chi connectivity index (χ4v) is 3.60. The van der Waals surface area contributed by atoms with E-state index < -0.39 is 0 Å². The minimum atomic E-state index is 0.616. The Morgan fingerprint density at radius 2 is 2.31 bits per heavy atom. The third-order valence-corrected chi connectivity index (χ3v) is 4.53. The molecule has 0 bridgehead atoms. The fraction of sp³-hybridized carbons (Fsp3) is 0.750. The molecule has 2 aliphatic heterocycles. The molecule has 1 saturated heterocycles. The number of aromatic nitrogens is 2. The topological polar surface area (TPSA) is 29.9 Å². The number of rotatable bonds is 1. The molecular weight excluding hydrogens is 266 g/mol. The Bertz CT molecular complexity index is 393. The summed E-state index contributed by atoms with van der Waals surface area (Å²) in [7, 11) is 0. The fourth-order valence-electron chi connectivity index (χ4n) is 3.03. The molecule has 0 spiro atoms. The van der Waals surface area contributed by atoms with Crippen molar-refractivity contribution < 1.29 is 0 Å². The molecule has 3 heterocycles. The van der Waals surface area contributed by atoms with Crippen molar-refractivity contribution in [1.82, 2.24) is 14.9 Å². The lowest BCUT2D eigenvalue weighted by Crippen LogP contribution is -2.20. The Hall–Kier alpha value is -0.350. The first-order valence-corrected chi connectivity index (χ1v) is 7.04. The first-order valence-electron chi connectivity index (χ1n) is 6.24. The van der Waals surface area contributed by atoms with Crippen molar-refractivity contribution in [1.29, 1.82) is 0 Å². The maximum absolute atomic E-state index is 4.76. The Morgan fingerprint density at radius 3 is 3.06 bits per heavy atom. The zero-order valence-electron chi connectivity index (χ0n) is 9.67. The van der Waals surface area contributed by atoms with E-state index in [1.165, 1.54) is 37.2 Å². The van der Waals surface area contributed by atoms with Gasteiger partial charge < -0.3 is 9.88 Å². The highest BCUT2D eigenvalue weighted by Gasteiger charge is 2.29. The second-order valence-corrected chi connectivity index (χ2v) is 5.76. The van der Waals surface area contributed by atoms with Crippen LogP contribution in [-0.4, -0.2) is 22.6 Å². The number of nitrogens with zero attached hydrogens (tertiary/aromatic N) is 2. The zero-order valence-corrected chi connectivity index (χ0v) is 11.3. The average molecular weight is 284 g/mol. The Morgan fingerprint density at radius 1 is 1.44 bits per heavy atom. The van der Waals surface area contributed by atoms with Crippen molar-refractivity contribution in [3.8, 4) is 0 Å². The Kier molecular flexibility index (Phi) is 2.80. The molecule has 88 valence electrons. The number of fused-ring (bicyclic) bond motifs is 1. The van der Waals surface area contributed by atoms with Crippen molar-refractivity contribution in [2.24, 2.45) is 0 Å². The molecule has 16 heavy (non-hydrogen) atoms. The van der Waals surface area contributed by atoms with Crippen LogP contribution < -0.4 is 5.32 Å². The van der Waals surface area contributed by atoms with Crippen LogP contribution in [0.25, 0.3) is 0 Å². The second-order valence-electron chi connectivity index (χ2n) is 5.01. The molecule has 0 aromatic carbocycles. The van der Waals surface area contributed by atoms with Crippen LogP contribution in [0.5, 0.6) is 0 Å². The summed E-state index contributed by atoms with van der Waals surface area (Å²) in [5.74, 6) is 1.92. The first kappa shape index (κ1) is 10.8. The summed E-state index contributed by atoms with van der Waals surface area (Å²) in [4.78, 5) is 4.76. The Balaban J connectivity index is 2.04. The molecular formula is C12H18BrN3. The normalized spacial score (nSPS) is 29.4. The summed E-state index contributed by atoms with van der Waals surface area (Å²) >= 11 is 3.63. The van der Waals surface area contributed by atoms with Gasteiger partial charge in [0.05, 0.1) is 5.69 Å². The highest BCUT2D eigenvalue weighted by molar-refractivity contribution is 9.10. The molecule has 0 radical (unpaired) electrons. The number of hydrogen-bond donors (Lipinski definition) is 1. The van der Waals surface area contributed by atoms with E-state index in [0.717, 1.165) is 17.7 Å². The van der Waals surface area contributed by atoms with E-state index in [-0.39, 0.29) is 0 Å². The van der Waals surface area contributed by atoms with Gasteiger partial charge in [0.1, 0.15) is 10.4 Å². The van der Waals surface area contributed by atoms with Gasteiger partial charge in [-0.05, 0) is 55.1 Å². The number of halogens is 1. The highest BCUT2D eigenvalue weighted by atomic mass is 79.9. The van der Waals surface area contributed by atoms with Crippen LogP contribution in [0.2, 0.25) is 0 Å². The second kappa shape index (κ2) is 4.15. The van der Waals surface area contributed by atoms with Crippen LogP contribution >= 0.6 is 15.9 Å². The van der Waals surface area contributed by atoms with E-state index in [4.69, 9.17) is 4.98 Å². The van der Waals surface area contributed by atoms with E-state index in [1.54, 1.807) is 0 Å². The first-order chi connectivity index (χ1) is 7.77. The number of nitrogens with one attached hydrogen (secondary N) is 1. The molecule has 1 aromatic rings. The predicted octanol–water partition coefficient (Wildman–Crippen LogP) is 2.62. The van der Waals surface area contributed by atoms with Crippen molar-refractivity contribution in [3.63, 3.8) is 0 Å². The van der Waals surface area contributed by atoms with Crippen LogP contribution in [0.15, 0.2) is 4.60 Å². The molecule has 3 nitrogen and oxygen atoms in total. The predicted molar refractivity (Wildman–Crippen MR) is 67.8 cm³/mol. The summed E-state index contributed by atoms with van der Waals surface area (Å²) in [6.07, 6.45) is 5.00. The van der Waals surface area contributed by atoms with Crippen LogP contribution in [0, 0.1) is 0 Å². The van der Waals surface area contributed by atoms with Crippen LogP contribution in [0.3, 0.4) is 0 Å². The van der Waals surface area contributed by atoms with Gasteiger partial charge in [-0.1, -0.05) is 0 Å². The molecule has 0 amide bonds. The summed E-state index contributed by atoms with van der Waals surface area (Å²) in [6, 6.07) is 0.623. The van der Waals surface area contributed by atoms with E-state index in [2.05, 4.69) is 32.7 Å². The lowest BCUT2D eigenvalue weighted by Gasteiger charge is -2.25. The van der Waals surface area contributed by atoms with Crippen molar-refractivity contribution in [2.45, 2.75) is 44.6 Å². The minimum absolute atomic E-state index is 0.616. The van der Waals surface area contributed by atoms with Crippen molar-refractivity contribution >= 4 is 15.9 Å². The quantitative estimate of drug-likeness (QED) is 0.859. The van der Waals surface area contributed by atoms with Gasteiger partial charge in [-0.2, -0.15) is 0 Å². The lowest BCUT2D eigenvalue weighted by molar-refractivity contribution is 0.409. The number of imidazole rings is 1. The Labute approximate surface area is 105 Å². The maximum Gasteiger partial charge on any atom is 0.127 e. The van der Waals surface area contributed by atoms with Crippen molar-refractivity contribution in [2.75, 3.05) is 13.1 Å². The van der Waals surface area contributed by atoms with Crippen molar-refractivity contribution in [3.05, 3.63) is 16.1 Å². The van der Waals surface area contributed by atoms with E-state index >= 15 is 0 Å². The molecule has 1 N–H and O–H groups in total. The standard InChI is InChI=1S/C12H18BrN3/c1-8-3-2-4-10-11(13)15-12(16(8)10)9-5-6-14-7-9/h8-9,14H,2-7H2,1H3. The van der Waals surface area contributed by atoms with Gasteiger partial charge in [0.2, 0.25) is 0 Å². The summed E-state index contributed by atoms with van der Waals surface area (Å²) in [5.41, 5.74) is 1.42. The molecule has 2 unspecified atom stereocenters. The van der Waals surface area contributed by atoms with Gasteiger partial charge in [0.25, 0.3) is 0 Å². The third-order valence-electron chi connectivity index (χ3n) is 3.89. The monoisotopic (exact) mass is 283 g/mol. The summed E-state index contributed by atoms with van der Waals surface area (Å²) < 4.78 is 3.58. The smallest absolute Gasteiger partial charge is 0.127 e. The van der Waals surface area contributed by atoms with E-state index in [1.807, 2.05) is 0 Å². The summed E-state index contributed by atoms with van der Waals surface area (Å²) in [5, 5.41) is 3.43. The van der Waals surface area contributed by atoms with Crippen LogP contribution in [-0.2, 0) is 6.42 Å². The minimum Gasteiger partial charge on any atom is -0.328 e. The zero-order chi connectivity index (χ0) is 11.1. The molecule has 3 rings (SSSR count). The third kappa shape index (κ3) is 1.63. The van der Waals surface area contributed by atoms with Gasteiger partial charge in [-0.15, -0.1) is 0 Å². The van der Waals surface area contributed by atoms with Gasteiger partial charge in [0, 0.05) is 18.5 Å². The molecule has 1 aromatic heterocycles. The maximum atomic E-state index is 4.76. The molecule has 0 aliphatic carbocycles. The summed E-state index contributed by atoms with van der Waals surface area (Å²) in [6.45, 7) is 4.55. The molecule has 2 aliphatic rings. The van der Waals surface area contributed by atoms with Gasteiger partial charge in [0.15, 0.2) is 0 Å².